The van der Waals surface area contributed by atoms with Crippen molar-refractivity contribution in [1.82, 2.24) is 14.8 Å². The highest BCUT2D eigenvalue weighted by molar-refractivity contribution is 6.31. The lowest BCUT2D eigenvalue weighted by Gasteiger charge is -2.25. The van der Waals surface area contributed by atoms with Gasteiger partial charge in [0, 0.05) is 21.8 Å². The van der Waals surface area contributed by atoms with Crippen molar-refractivity contribution in [1.29, 1.82) is 0 Å². The summed E-state index contributed by atoms with van der Waals surface area (Å²) in [6, 6.07) is 20.7. The molecule has 6 nitrogen and oxygen atoms in total. The number of nitrogens with zero attached hydrogens (tertiary/aromatic N) is 3. The Morgan fingerprint density at radius 3 is 2.50 bits per heavy atom. The van der Waals surface area contributed by atoms with E-state index in [-0.39, 0.29) is 34.8 Å². The van der Waals surface area contributed by atoms with E-state index < -0.39 is 11.9 Å². The molecule has 0 spiro atoms. The van der Waals surface area contributed by atoms with Crippen LogP contribution in [0.5, 0.6) is 0 Å². The zero-order valence-electron chi connectivity index (χ0n) is 18.0. The molecule has 1 aromatic heterocycles. The number of aryl methyl sites for hydroxylation is 1. The van der Waals surface area contributed by atoms with Gasteiger partial charge in [-0.3, -0.25) is 10.1 Å². The second-order valence-corrected chi connectivity index (χ2v) is 8.08. The fourth-order valence-corrected chi connectivity index (χ4v) is 3.98. The molecule has 2 N–H and O–H groups in total. The number of carbonyl (C=O) groups is 1. The Bertz CT molecular complexity index is 1350. The molecule has 0 aliphatic carbocycles. The zero-order valence-corrected chi connectivity index (χ0v) is 19.6. The fourth-order valence-electron chi connectivity index (χ4n) is 3.71. The summed E-state index contributed by atoms with van der Waals surface area (Å²) in [5.74, 6) is -0.331. The third-order valence-corrected chi connectivity index (χ3v) is 5.71. The summed E-state index contributed by atoms with van der Waals surface area (Å²) < 4.78 is 16.4. The maximum atomic E-state index is 14.9. The predicted octanol–water partition coefficient (Wildman–Crippen LogP) is 6.11. The van der Waals surface area contributed by atoms with Crippen LogP contribution in [-0.4, -0.2) is 20.7 Å². The highest BCUT2D eigenvalue weighted by Crippen LogP contribution is 2.37. The molecule has 4 aromatic rings. The van der Waals surface area contributed by atoms with Crippen LogP contribution in [0.25, 0.3) is 5.70 Å². The maximum absolute atomic E-state index is 14.9. The Morgan fingerprint density at radius 2 is 1.79 bits per heavy atom. The van der Waals surface area contributed by atoms with Gasteiger partial charge in [-0.05, 0) is 42.8 Å². The quantitative estimate of drug-likeness (QED) is 0.358. The SMILES string of the molecule is Cc1ccc(C(=O)Nc2nc3n(n2)C(c2c(F)cccc2Cl)C=C(c2ccccc2)N3)cc1.Cl. The molecule has 1 atom stereocenters. The smallest absolute Gasteiger partial charge is 0.258 e. The van der Waals surface area contributed by atoms with Crippen molar-refractivity contribution in [3.8, 4) is 0 Å². The first kappa shape index (κ1) is 23.5. The number of fused-ring (bicyclic) bond motifs is 1. The normalized spacial score (nSPS) is 14.3. The number of aromatic nitrogens is 3. The van der Waals surface area contributed by atoms with Crippen molar-refractivity contribution in [2.45, 2.75) is 13.0 Å². The molecule has 1 aliphatic heterocycles. The van der Waals surface area contributed by atoms with Crippen molar-refractivity contribution in [3.63, 3.8) is 0 Å². The number of anilines is 2. The molecule has 1 amide bonds. The van der Waals surface area contributed by atoms with Crippen molar-refractivity contribution in [3.05, 3.63) is 112 Å². The molecule has 0 saturated heterocycles. The average Bonchev–Trinajstić information content (AvgIpc) is 3.22. The van der Waals surface area contributed by atoms with Gasteiger partial charge in [0.2, 0.25) is 5.95 Å². The number of nitrogens with one attached hydrogen (secondary N) is 2. The van der Waals surface area contributed by atoms with E-state index in [0.29, 0.717) is 11.5 Å². The first-order chi connectivity index (χ1) is 16.0. The number of carbonyl (C=O) groups excluding carboxylic acids is 1. The van der Waals surface area contributed by atoms with E-state index >= 15 is 0 Å². The molecule has 1 aliphatic rings. The zero-order chi connectivity index (χ0) is 22.9. The largest absolute Gasteiger partial charge is 0.324 e. The molecule has 1 unspecified atom stereocenters. The second kappa shape index (κ2) is 9.67. The summed E-state index contributed by atoms with van der Waals surface area (Å²) in [4.78, 5) is 17.1. The lowest BCUT2D eigenvalue weighted by atomic mass is 10.0. The van der Waals surface area contributed by atoms with E-state index in [1.807, 2.05) is 55.5 Å². The minimum atomic E-state index is -0.664. The summed E-state index contributed by atoms with van der Waals surface area (Å²) in [5, 5.41) is 10.7. The summed E-state index contributed by atoms with van der Waals surface area (Å²) >= 11 is 6.39. The van der Waals surface area contributed by atoms with Crippen molar-refractivity contribution < 1.29 is 9.18 Å². The van der Waals surface area contributed by atoms with E-state index in [4.69, 9.17) is 11.6 Å². The van der Waals surface area contributed by atoms with Crippen LogP contribution >= 0.6 is 24.0 Å². The number of hydrogen-bond donors (Lipinski definition) is 2. The fraction of sp³-hybridized carbons (Fsp3) is 0.0800. The molecule has 9 heteroatoms. The number of halogens is 3. The third kappa shape index (κ3) is 4.53. The number of amides is 1. The van der Waals surface area contributed by atoms with E-state index in [9.17, 15) is 9.18 Å². The molecule has 0 fully saturated rings. The minimum absolute atomic E-state index is 0. The Morgan fingerprint density at radius 1 is 1.06 bits per heavy atom. The van der Waals surface area contributed by atoms with Gasteiger partial charge in [-0.25, -0.2) is 9.07 Å². The van der Waals surface area contributed by atoms with Gasteiger partial charge in [0.25, 0.3) is 11.9 Å². The Hall–Kier alpha value is -3.68. The van der Waals surface area contributed by atoms with E-state index in [0.717, 1.165) is 16.8 Å². The van der Waals surface area contributed by atoms with Crippen molar-refractivity contribution >= 4 is 47.5 Å². The molecule has 0 saturated carbocycles. The van der Waals surface area contributed by atoms with Crippen molar-refractivity contribution in [2.75, 3.05) is 10.6 Å². The average molecular weight is 496 g/mol. The number of hydrogen-bond acceptors (Lipinski definition) is 4. The summed E-state index contributed by atoms with van der Waals surface area (Å²) in [7, 11) is 0. The van der Waals surface area contributed by atoms with Crippen LogP contribution in [-0.2, 0) is 0 Å². The summed E-state index contributed by atoms with van der Waals surface area (Å²) in [6.45, 7) is 1.95. The van der Waals surface area contributed by atoms with E-state index in [1.54, 1.807) is 24.3 Å². The first-order valence-corrected chi connectivity index (χ1v) is 10.7. The Labute approximate surface area is 206 Å². The molecule has 0 bridgehead atoms. The lowest BCUT2D eigenvalue weighted by molar-refractivity contribution is 0.102. The molecule has 5 rings (SSSR count). The number of rotatable bonds is 4. The molecule has 0 radical (unpaired) electrons. The van der Waals surface area contributed by atoms with Gasteiger partial charge in [0.1, 0.15) is 11.9 Å². The van der Waals surface area contributed by atoms with E-state index in [1.165, 1.54) is 10.7 Å². The number of benzene rings is 3. The van der Waals surface area contributed by atoms with Gasteiger partial charge in [-0.2, -0.15) is 4.98 Å². The first-order valence-electron chi connectivity index (χ1n) is 10.3. The van der Waals surface area contributed by atoms with Crippen molar-refractivity contribution in [2.24, 2.45) is 0 Å². The van der Waals surface area contributed by atoms with Crippen LogP contribution in [0.2, 0.25) is 5.02 Å². The van der Waals surface area contributed by atoms with Gasteiger partial charge in [-0.15, -0.1) is 17.5 Å². The molecule has 34 heavy (non-hydrogen) atoms. The van der Waals surface area contributed by atoms with Crippen LogP contribution in [0, 0.1) is 12.7 Å². The molecule has 2 heterocycles. The van der Waals surface area contributed by atoms with Gasteiger partial charge < -0.3 is 5.32 Å². The highest BCUT2D eigenvalue weighted by atomic mass is 35.5. The Balaban J connectivity index is 0.00000274. The predicted molar refractivity (Wildman–Crippen MR) is 134 cm³/mol. The second-order valence-electron chi connectivity index (χ2n) is 7.68. The standard InChI is InChI=1S/C25H19ClFN5O.ClH/c1-15-10-12-17(13-11-15)23(33)29-24-30-25-28-20(16-6-3-2-4-7-16)14-21(32(25)31-24)22-18(26)8-5-9-19(22)27;/h2-14,21H,1H3,(H2,28,29,30,31,33);1H. The van der Waals surface area contributed by atoms with Crippen LogP contribution < -0.4 is 10.6 Å². The third-order valence-electron chi connectivity index (χ3n) is 5.39. The van der Waals surface area contributed by atoms with Crippen LogP contribution in [0.1, 0.15) is 33.1 Å². The minimum Gasteiger partial charge on any atom is -0.324 e. The van der Waals surface area contributed by atoms with Gasteiger partial charge >= 0.3 is 0 Å². The molecule has 172 valence electrons. The summed E-state index contributed by atoms with van der Waals surface area (Å²) in [5.41, 5.74) is 3.44. The molecular weight excluding hydrogens is 476 g/mol. The monoisotopic (exact) mass is 495 g/mol. The lowest BCUT2D eigenvalue weighted by Crippen LogP contribution is -2.21. The molecular formula is C25H20Cl2FN5O. The van der Waals surface area contributed by atoms with Crippen LogP contribution in [0.3, 0.4) is 0 Å². The number of allylic oxidation sites excluding steroid dienone is 1. The van der Waals surface area contributed by atoms with Gasteiger partial charge in [0.15, 0.2) is 0 Å². The van der Waals surface area contributed by atoms with E-state index in [2.05, 4.69) is 20.7 Å². The topological polar surface area (TPSA) is 71.8 Å². The van der Waals surface area contributed by atoms with Crippen LogP contribution in [0.15, 0.2) is 78.9 Å². The summed E-state index contributed by atoms with van der Waals surface area (Å²) in [6.07, 6.45) is 1.84. The highest BCUT2D eigenvalue weighted by Gasteiger charge is 2.29. The maximum Gasteiger partial charge on any atom is 0.258 e. The Kier molecular flexibility index (Phi) is 6.68. The van der Waals surface area contributed by atoms with Crippen LogP contribution in [0.4, 0.5) is 16.3 Å². The van der Waals surface area contributed by atoms with Gasteiger partial charge in [0.05, 0.1) is 0 Å². The molecule has 3 aromatic carbocycles. The van der Waals surface area contributed by atoms with Gasteiger partial charge in [-0.1, -0.05) is 65.7 Å².